The van der Waals surface area contributed by atoms with E-state index in [1.54, 1.807) is 12.7 Å². The summed E-state index contributed by atoms with van der Waals surface area (Å²) in [5, 5.41) is 9.79. The summed E-state index contributed by atoms with van der Waals surface area (Å²) in [4.78, 5) is 18.0. The number of aliphatic hydroxyl groups excluding tert-OH is 1. The van der Waals surface area contributed by atoms with Gasteiger partial charge >= 0.3 is 0 Å². The molecule has 4 rings (SSSR count). The first-order valence-electron chi connectivity index (χ1n) is 10.5. The van der Waals surface area contributed by atoms with Gasteiger partial charge in [0.15, 0.2) is 17.0 Å². The molecule has 160 valence electrons. The molecule has 8 nitrogen and oxygen atoms in total. The van der Waals surface area contributed by atoms with Crippen molar-refractivity contribution in [2.75, 3.05) is 38.2 Å². The van der Waals surface area contributed by atoms with Crippen LogP contribution in [0.15, 0.2) is 43.0 Å². The third-order valence-electron chi connectivity index (χ3n) is 5.75. The molecular weight excluding hydrogens is 380 g/mol. The Kier molecular flexibility index (Phi) is 6.26. The van der Waals surface area contributed by atoms with Gasteiger partial charge in [0.05, 0.1) is 19.0 Å². The van der Waals surface area contributed by atoms with Crippen molar-refractivity contribution in [2.24, 2.45) is 0 Å². The molecule has 0 saturated carbocycles. The number of hydrogen-bond acceptors (Lipinski definition) is 7. The van der Waals surface area contributed by atoms with Crippen LogP contribution in [0.25, 0.3) is 11.2 Å². The highest BCUT2D eigenvalue weighted by Gasteiger charge is 2.30. The summed E-state index contributed by atoms with van der Waals surface area (Å²) in [5.41, 5.74) is 2.82. The van der Waals surface area contributed by atoms with E-state index in [2.05, 4.69) is 62.9 Å². The summed E-state index contributed by atoms with van der Waals surface area (Å²) in [6.07, 6.45) is 3.81. The van der Waals surface area contributed by atoms with Gasteiger partial charge in [0, 0.05) is 32.7 Å². The first-order chi connectivity index (χ1) is 14.6. The first-order valence-corrected chi connectivity index (χ1v) is 10.5. The zero-order valence-electron chi connectivity index (χ0n) is 17.8. The van der Waals surface area contributed by atoms with Gasteiger partial charge < -0.3 is 14.7 Å². The molecular formula is C22H30N6O2. The maximum atomic E-state index is 9.79. The monoisotopic (exact) mass is 410 g/mol. The molecule has 3 aromatic rings. The molecule has 0 radical (unpaired) electrons. The van der Waals surface area contributed by atoms with E-state index in [9.17, 15) is 5.11 Å². The number of imidazole rings is 1. The Morgan fingerprint density at radius 1 is 1.17 bits per heavy atom. The van der Waals surface area contributed by atoms with Gasteiger partial charge in [-0.05, 0) is 25.8 Å². The minimum Gasteiger partial charge on any atom is -0.394 e. The summed E-state index contributed by atoms with van der Waals surface area (Å²) >= 11 is 0. The van der Waals surface area contributed by atoms with Crippen LogP contribution in [0.5, 0.6) is 0 Å². The summed E-state index contributed by atoms with van der Waals surface area (Å²) in [7, 11) is 2.01. The van der Waals surface area contributed by atoms with Gasteiger partial charge in [-0.25, -0.2) is 15.0 Å². The third kappa shape index (κ3) is 4.30. The number of ether oxygens (including phenoxy) is 1. The summed E-state index contributed by atoms with van der Waals surface area (Å²) in [5.74, 6) is 0.809. The molecule has 2 aromatic heterocycles. The average Bonchev–Trinajstić information content (AvgIpc) is 3.22. The van der Waals surface area contributed by atoms with Crippen LogP contribution in [0.2, 0.25) is 0 Å². The molecule has 0 aliphatic carbocycles. The minimum atomic E-state index is -0.260. The predicted octanol–water partition coefficient (Wildman–Crippen LogP) is 2.11. The number of morpholine rings is 1. The smallest absolute Gasteiger partial charge is 0.167 e. The van der Waals surface area contributed by atoms with Crippen LogP contribution in [-0.2, 0) is 11.2 Å². The predicted molar refractivity (Wildman–Crippen MR) is 116 cm³/mol. The first kappa shape index (κ1) is 20.7. The average molecular weight is 411 g/mol. The molecule has 3 heterocycles. The van der Waals surface area contributed by atoms with Gasteiger partial charge in [-0.15, -0.1) is 0 Å². The normalized spacial score (nSPS) is 20.2. The summed E-state index contributed by atoms with van der Waals surface area (Å²) < 4.78 is 8.14. The lowest BCUT2D eigenvalue weighted by Crippen LogP contribution is -2.47. The second-order valence-corrected chi connectivity index (χ2v) is 8.12. The molecule has 0 bridgehead atoms. The largest absolute Gasteiger partial charge is 0.394 e. The highest BCUT2D eigenvalue weighted by molar-refractivity contribution is 5.83. The summed E-state index contributed by atoms with van der Waals surface area (Å²) in [6.45, 7) is 6.55. The maximum Gasteiger partial charge on any atom is 0.167 e. The lowest BCUT2D eigenvalue weighted by molar-refractivity contribution is -0.133. The zero-order chi connectivity index (χ0) is 21.1. The van der Waals surface area contributed by atoms with Crippen molar-refractivity contribution in [3.63, 3.8) is 0 Å². The molecule has 0 spiro atoms. The molecule has 0 amide bonds. The van der Waals surface area contributed by atoms with Crippen molar-refractivity contribution in [1.29, 1.82) is 0 Å². The molecule has 1 fully saturated rings. The van der Waals surface area contributed by atoms with Crippen molar-refractivity contribution in [3.8, 4) is 0 Å². The van der Waals surface area contributed by atoms with Gasteiger partial charge in [0.2, 0.25) is 0 Å². The van der Waals surface area contributed by atoms with Gasteiger partial charge in [-0.1, -0.05) is 30.3 Å². The van der Waals surface area contributed by atoms with Crippen LogP contribution in [0.1, 0.15) is 25.6 Å². The number of fused-ring (bicyclic) bond motifs is 1. The van der Waals surface area contributed by atoms with Crippen molar-refractivity contribution in [1.82, 2.24) is 24.4 Å². The molecule has 1 saturated heterocycles. The van der Waals surface area contributed by atoms with Crippen molar-refractivity contribution < 1.29 is 9.84 Å². The Morgan fingerprint density at radius 3 is 2.70 bits per heavy atom. The Balaban J connectivity index is 1.56. The van der Waals surface area contributed by atoms with Crippen LogP contribution in [-0.4, -0.2) is 75.0 Å². The van der Waals surface area contributed by atoms with E-state index in [0.717, 1.165) is 29.9 Å². The number of hydrogen-bond donors (Lipinski definition) is 1. The second kappa shape index (κ2) is 9.07. The number of aliphatic hydroxyl groups is 1. The van der Waals surface area contributed by atoms with E-state index in [-0.39, 0.29) is 18.9 Å². The molecule has 1 aliphatic rings. The van der Waals surface area contributed by atoms with Gasteiger partial charge in [-0.2, -0.15) is 0 Å². The van der Waals surface area contributed by atoms with Crippen LogP contribution in [0.3, 0.4) is 0 Å². The van der Waals surface area contributed by atoms with Crippen LogP contribution in [0.4, 0.5) is 5.82 Å². The quantitative estimate of drug-likeness (QED) is 0.639. The van der Waals surface area contributed by atoms with Crippen molar-refractivity contribution in [2.45, 2.75) is 38.6 Å². The Labute approximate surface area is 177 Å². The third-order valence-corrected chi connectivity index (χ3v) is 5.75. The molecule has 2 atom stereocenters. The van der Waals surface area contributed by atoms with E-state index in [0.29, 0.717) is 19.1 Å². The fourth-order valence-corrected chi connectivity index (χ4v) is 3.81. The maximum absolute atomic E-state index is 9.79. The molecule has 0 unspecified atom stereocenters. The fraction of sp³-hybridized carbons (Fsp3) is 0.500. The highest BCUT2D eigenvalue weighted by Crippen LogP contribution is 2.27. The number of rotatable bonds is 7. The number of aromatic nitrogens is 4. The molecule has 1 N–H and O–H groups in total. The standard InChI is InChI=1S/C22H30N6O2/c1-16(2)26(3)21-20-22(24-14-23-21)28(15-25-20)19-12-27(11-18(13-29)30-19)10-9-17-7-5-4-6-8-17/h4-8,14-16,18-19,29H,9-13H2,1-3H3/t18-,19+/m0/s1. The van der Waals surface area contributed by atoms with Gasteiger partial charge in [0.25, 0.3) is 0 Å². The number of nitrogens with zero attached hydrogens (tertiary/aromatic N) is 6. The van der Waals surface area contributed by atoms with E-state index in [1.165, 1.54) is 5.56 Å². The molecule has 8 heteroatoms. The van der Waals surface area contributed by atoms with E-state index < -0.39 is 0 Å². The van der Waals surface area contributed by atoms with Crippen LogP contribution < -0.4 is 4.90 Å². The Hall–Kier alpha value is -2.55. The van der Waals surface area contributed by atoms with E-state index in [4.69, 9.17) is 4.74 Å². The van der Waals surface area contributed by atoms with E-state index in [1.807, 2.05) is 17.7 Å². The topological polar surface area (TPSA) is 79.5 Å². The van der Waals surface area contributed by atoms with Crippen LogP contribution >= 0.6 is 0 Å². The summed E-state index contributed by atoms with van der Waals surface area (Å²) in [6, 6.07) is 10.8. The van der Waals surface area contributed by atoms with Gasteiger partial charge in [-0.3, -0.25) is 9.47 Å². The lowest BCUT2D eigenvalue weighted by Gasteiger charge is -2.38. The minimum absolute atomic E-state index is 0.0126. The lowest BCUT2D eigenvalue weighted by atomic mass is 10.1. The van der Waals surface area contributed by atoms with Crippen molar-refractivity contribution >= 4 is 17.0 Å². The highest BCUT2D eigenvalue weighted by atomic mass is 16.5. The second-order valence-electron chi connectivity index (χ2n) is 8.12. The number of benzene rings is 1. The Morgan fingerprint density at radius 2 is 1.97 bits per heavy atom. The SMILES string of the molecule is CC(C)N(C)c1ncnc2c1ncn2[C@H]1CN(CCc2ccccc2)C[C@@H](CO)O1. The van der Waals surface area contributed by atoms with Crippen LogP contribution in [0, 0.1) is 0 Å². The van der Waals surface area contributed by atoms with Crippen molar-refractivity contribution in [3.05, 3.63) is 48.5 Å². The zero-order valence-corrected chi connectivity index (χ0v) is 17.8. The fourth-order valence-electron chi connectivity index (χ4n) is 3.81. The molecule has 30 heavy (non-hydrogen) atoms. The molecule has 1 aliphatic heterocycles. The Bertz CT molecular complexity index is 961. The van der Waals surface area contributed by atoms with E-state index >= 15 is 0 Å². The van der Waals surface area contributed by atoms with Gasteiger partial charge in [0.1, 0.15) is 12.6 Å². The molecule has 1 aromatic carbocycles. The number of anilines is 1.